The van der Waals surface area contributed by atoms with E-state index >= 15 is 0 Å². The van der Waals surface area contributed by atoms with Crippen molar-refractivity contribution in [3.8, 4) is 0 Å². The van der Waals surface area contributed by atoms with Crippen LogP contribution in [0.1, 0.15) is 89.6 Å². The van der Waals surface area contributed by atoms with Gasteiger partial charge in [0.15, 0.2) is 0 Å². The number of thiophene rings is 1. The first-order valence-electron chi connectivity index (χ1n) is 11.3. The van der Waals surface area contributed by atoms with Gasteiger partial charge in [-0.25, -0.2) is 4.79 Å². The average Bonchev–Trinajstić information content (AvgIpc) is 3.33. The van der Waals surface area contributed by atoms with Crippen molar-refractivity contribution in [2.24, 2.45) is 5.92 Å². The summed E-state index contributed by atoms with van der Waals surface area (Å²) in [6, 6.07) is 11.6. The molecule has 3 N–H and O–H groups in total. The Labute approximate surface area is 193 Å². The van der Waals surface area contributed by atoms with Gasteiger partial charge in [-0.1, -0.05) is 50.5 Å². The summed E-state index contributed by atoms with van der Waals surface area (Å²) in [7, 11) is 0. The fourth-order valence-corrected chi connectivity index (χ4v) is 6.08. The van der Waals surface area contributed by atoms with Crippen molar-refractivity contribution in [1.29, 1.82) is 0 Å². The molecule has 1 aliphatic rings. The van der Waals surface area contributed by atoms with Gasteiger partial charge in [-0.3, -0.25) is 0 Å². The van der Waals surface area contributed by atoms with E-state index in [0.717, 1.165) is 60.9 Å². The number of rotatable bonds is 11. The Morgan fingerprint density at radius 2 is 1.90 bits per heavy atom. The Balaban J connectivity index is 1.61. The molecule has 170 valence electrons. The van der Waals surface area contributed by atoms with Gasteiger partial charge in [0.2, 0.25) is 0 Å². The summed E-state index contributed by atoms with van der Waals surface area (Å²) in [5.74, 6) is -0.711. The van der Waals surface area contributed by atoms with Gasteiger partial charge >= 0.3 is 5.97 Å². The third-order valence-corrected chi connectivity index (χ3v) is 8.06. The number of unbranched alkanes of at least 4 members (excludes halogenated alkanes) is 2. The van der Waals surface area contributed by atoms with Crippen LogP contribution >= 0.6 is 22.9 Å². The molecule has 1 heterocycles. The van der Waals surface area contributed by atoms with Gasteiger partial charge in [-0.05, 0) is 61.3 Å². The smallest absolute Gasteiger partial charge is 0.345 e. The molecule has 1 unspecified atom stereocenters. The van der Waals surface area contributed by atoms with Crippen LogP contribution in [0.5, 0.6) is 0 Å². The zero-order chi connectivity index (χ0) is 22.4. The molecule has 5 atom stereocenters. The van der Waals surface area contributed by atoms with E-state index in [9.17, 15) is 15.0 Å². The number of alkyl halides is 1. The second-order valence-corrected chi connectivity index (χ2v) is 10.4. The van der Waals surface area contributed by atoms with Gasteiger partial charge in [-0.2, -0.15) is 0 Å². The molecule has 0 saturated heterocycles. The number of aliphatic hydroxyl groups is 2. The Morgan fingerprint density at radius 1 is 1.16 bits per heavy atom. The van der Waals surface area contributed by atoms with E-state index < -0.39 is 18.2 Å². The van der Waals surface area contributed by atoms with E-state index in [1.165, 1.54) is 11.3 Å². The third-order valence-electron chi connectivity index (χ3n) is 6.43. The largest absolute Gasteiger partial charge is 0.477 e. The number of carboxylic acid groups (broad SMARTS) is 1. The number of benzene rings is 1. The topological polar surface area (TPSA) is 77.8 Å². The summed E-state index contributed by atoms with van der Waals surface area (Å²) in [4.78, 5) is 12.5. The molecule has 4 nitrogen and oxygen atoms in total. The summed E-state index contributed by atoms with van der Waals surface area (Å²) in [5.41, 5.74) is 2.01. The maximum atomic E-state index is 11.1. The lowest BCUT2D eigenvalue weighted by molar-refractivity contribution is 0.0702. The number of halogens is 1. The zero-order valence-electron chi connectivity index (χ0n) is 18.0. The number of carbonyl (C=O) groups is 1. The monoisotopic (exact) mass is 464 g/mol. The predicted molar refractivity (Wildman–Crippen MR) is 126 cm³/mol. The van der Waals surface area contributed by atoms with Gasteiger partial charge in [0, 0.05) is 16.2 Å². The first kappa shape index (κ1) is 24.2. The lowest BCUT2D eigenvalue weighted by atomic mass is 9.84. The molecule has 0 spiro atoms. The fraction of sp³-hybridized carbons (Fsp3) is 0.560. The second kappa shape index (κ2) is 11.5. The number of carboxylic acids is 1. The van der Waals surface area contributed by atoms with Crippen LogP contribution in [0.2, 0.25) is 0 Å². The highest BCUT2D eigenvalue weighted by Gasteiger charge is 2.41. The highest BCUT2D eigenvalue weighted by Crippen LogP contribution is 2.45. The summed E-state index contributed by atoms with van der Waals surface area (Å²) in [6.45, 7) is 2.16. The van der Waals surface area contributed by atoms with Crippen LogP contribution in [-0.2, 0) is 6.42 Å². The van der Waals surface area contributed by atoms with Crippen LogP contribution in [0.15, 0.2) is 36.4 Å². The molecule has 3 rings (SSSR count). The lowest BCUT2D eigenvalue weighted by Gasteiger charge is -2.24. The van der Waals surface area contributed by atoms with Crippen molar-refractivity contribution in [1.82, 2.24) is 0 Å². The normalized spacial score (nSPS) is 24.4. The van der Waals surface area contributed by atoms with Gasteiger partial charge in [0.25, 0.3) is 0 Å². The number of aromatic carboxylic acids is 1. The van der Waals surface area contributed by atoms with Crippen molar-refractivity contribution < 1.29 is 20.1 Å². The standard InChI is InChI=1S/C25H33ClO4S/c1-2-3-4-8-21(27)16-9-11-17(12-10-16)24-19(20(26)15-22(24)28)7-5-6-18-13-14-23(31-18)25(29)30/h9-14,19-22,24,27-28H,2-8,15H2,1H3,(H,29,30)/t19-,20-,21?,22+,24+/m0/s1. The molecule has 0 aliphatic heterocycles. The summed E-state index contributed by atoms with van der Waals surface area (Å²) in [5, 5.41) is 30.1. The molecule has 0 amide bonds. The highest BCUT2D eigenvalue weighted by molar-refractivity contribution is 7.13. The maximum Gasteiger partial charge on any atom is 0.345 e. The molecule has 0 bridgehead atoms. The van der Waals surface area contributed by atoms with Gasteiger partial charge in [0.1, 0.15) is 4.88 Å². The molecule has 2 aromatic rings. The minimum absolute atomic E-state index is 0.00768. The van der Waals surface area contributed by atoms with E-state index in [2.05, 4.69) is 6.92 Å². The predicted octanol–water partition coefficient (Wildman–Crippen LogP) is 6.15. The van der Waals surface area contributed by atoms with E-state index in [0.29, 0.717) is 11.3 Å². The van der Waals surface area contributed by atoms with Crippen LogP contribution in [0.4, 0.5) is 0 Å². The Hall–Kier alpha value is -1.40. The Kier molecular flexibility index (Phi) is 8.96. The Morgan fingerprint density at radius 3 is 2.55 bits per heavy atom. The average molecular weight is 465 g/mol. The van der Waals surface area contributed by atoms with Crippen LogP contribution in [0, 0.1) is 5.92 Å². The second-order valence-electron chi connectivity index (χ2n) is 8.65. The first-order valence-corrected chi connectivity index (χ1v) is 12.6. The molecular formula is C25H33ClO4S. The summed E-state index contributed by atoms with van der Waals surface area (Å²) in [6.07, 6.45) is 6.37. The number of hydrogen-bond acceptors (Lipinski definition) is 4. The van der Waals surface area contributed by atoms with Crippen molar-refractivity contribution >= 4 is 28.9 Å². The molecule has 31 heavy (non-hydrogen) atoms. The van der Waals surface area contributed by atoms with Crippen LogP contribution < -0.4 is 0 Å². The van der Waals surface area contributed by atoms with Gasteiger partial charge < -0.3 is 15.3 Å². The van der Waals surface area contributed by atoms with Crippen molar-refractivity contribution in [3.05, 3.63) is 57.3 Å². The summed E-state index contributed by atoms with van der Waals surface area (Å²) < 4.78 is 0. The minimum atomic E-state index is -0.880. The highest BCUT2D eigenvalue weighted by atomic mass is 35.5. The molecular weight excluding hydrogens is 432 g/mol. The lowest BCUT2D eigenvalue weighted by Crippen LogP contribution is -2.19. The Bertz CT molecular complexity index is 834. The molecule has 1 fully saturated rings. The van der Waals surface area contributed by atoms with Crippen molar-refractivity contribution in [2.45, 2.75) is 81.8 Å². The first-order chi connectivity index (χ1) is 14.9. The molecule has 0 radical (unpaired) electrons. The molecule has 6 heteroatoms. The van der Waals surface area contributed by atoms with Crippen molar-refractivity contribution in [3.63, 3.8) is 0 Å². The van der Waals surface area contributed by atoms with Crippen LogP contribution in [0.25, 0.3) is 0 Å². The van der Waals surface area contributed by atoms with Gasteiger partial charge in [0.05, 0.1) is 12.2 Å². The molecule has 1 aliphatic carbocycles. The van der Waals surface area contributed by atoms with E-state index in [1.807, 2.05) is 30.3 Å². The summed E-state index contributed by atoms with van der Waals surface area (Å²) >= 11 is 7.95. The maximum absolute atomic E-state index is 11.1. The van der Waals surface area contributed by atoms with E-state index in [1.54, 1.807) is 6.07 Å². The van der Waals surface area contributed by atoms with E-state index in [-0.39, 0.29) is 17.2 Å². The minimum Gasteiger partial charge on any atom is -0.477 e. The number of aliphatic hydroxyl groups excluding tert-OH is 2. The SMILES string of the molecule is CCCCCC(O)c1ccc([C@@H]2[C@@H](CCCc3ccc(C(=O)O)s3)[C@@H](Cl)C[C@H]2O)cc1. The number of aryl methyl sites for hydroxylation is 1. The molecule has 1 aromatic carbocycles. The fourth-order valence-electron chi connectivity index (χ4n) is 4.73. The quantitative estimate of drug-likeness (QED) is 0.275. The van der Waals surface area contributed by atoms with Crippen molar-refractivity contribution in [2.75, 3.05) is 0 Å². The molecule has 1 saturated carbocycles. The molecule has 1 aromatic heterocycles. The van der Waals surface area contributed by atoms with Crippen LogP contribution in [-0.4, -0.2) is 32.8 Å². The number of hydrogen-bond donors (Lipinski definition) is 3. The van der Waals surface area contributed by atoms with Gasteiger partial charge in [-0.15, -0.1) is 22.9 Å². The van der Waals surface area contributed by atoms with E-state index in [4.69, 9.17) is 16.7 Å². The zero-order valence-corrected chi connectivity index (χ0v) is 19.6. The van der Waals surface area contributed by atoms with Crippen LogP contribution in [0.3, 0.4) is 0 Å². The third kappa shape index (κ3) is 6.32.